The van der Waals surface area contributed by atoms with Crippen LogP contribution in [0.2, 0.25) is 0 Å². The number of ether oxygens (including phenoxy) is 2. The Labute approximate surface area is 189 Å². The molecule has 32 heavy (non-hydrogen) atoms. The lowest BCUT2D eigenvalue weighted by Crippen LogP contribution is -2.47. The highest BCUT2D eigenvalue weighted by Crippen LogP contribution is 2.44. The predicted octanol–water partition coefficient (Wildman–Crippen LogP) is 3.70. The highest BCUT2D eigenvalue weighted by molar-refractivity contribution is 5.84. The van der Waals surface area contributed by atoms with Crippen LogP contribution in [0.25, 0.3) is 0 Å². The summed E-state index contributed by atoms with van der Waals surface area (Å²) in [5.41, 5.74) is 0.337. The van der Waals surface area contributed by atoms with Crippen molar-refractivity contribution in [3.8, 4) is 0 Å². The molecule has 1 aromatic carbocycles. The smallest absolute Gasteiger partial charge is 0.309 e. The molecule has 2 saturated carbocycles. The van der Waals surface area contributed by atoms with E-state index in [1.54, 1.807) is 0 Å². The number of esters is 1. The van der Waals surface area contributed by atoms with Crippen molar-refractivity contribution in [2.75, 3.05) is 13.7 Å². The van der Waals surface area contributed by atoms with Gasteiger partial charge in [-0.15, -0.1) is 0 Å². The Hall–Kier alpha value is -2.41. The van der Waals surface area contributed by atoms with Gasteiger partial charge in [0.25, 0.3) is 0 Å². The van der Waals surface area contributed by atoms with Gasteiger partial charge in [0.15, 0.2) is 0 Å². The van der Waals surface area contributed by atoms with Crippen LogP contribution >= 0.6 is 0 Å². The van der Waals surface area contributed by atoms with Gasteiger partial charge in [-0.25, -0.2) is 0 Å². The normalized spacial score (nSPS) is 23.3. The largest absolute Gasteiger partial charge is 0.481 e. The lowest BCUT2D eigenvalue weighted by Gasteiger charge is -2.34. The molecule has 0 heterocycles. The quantitative estimate of drug-likeness (QED) is 0.533. The zero-order chi connectivity index (χ0) is 23.0. The summed E-state index contributed by atoms with van der Waals surface area (Å²) in [6, 6.07) is 9.64. The van der Waals surface area contributed by atoms with Crippen LogP contribution in [0.15, 0.2) is 30.3 Å². The molecule has 2 aliphatic carbocycles. The molecule has 0 radical (unpaired) electrons. The summed E-state index contributed by atoms with van der Waals surface area (Å²) >= 11 is 0. The summed E-state index contributed by atoms with van der Waals surface area (Å²) in [5.74, 6) is -1.94. The van der Waals surface area contributed by atoms with Crippen molar-refractivity contribution in [3.05, 3.63) is 35.9 Å². The van der Waals surface area contributed by atoms with E-state index in [0.29, 0.717) is 32.1 Å². The first-order chi connectivity index (χ1) is 15.4. The number of methoxy groups -OCH3 is 1. The molecule has 0 saturated heterocycles. The molecule has 176 valence electrons. The second-order valence-electron chi connectivity index (χ2n) is 9.30. The predicted molar refractivity (Wildman–Crippen MR) is 119 cm³/mol. The number of amides is 1. The fourth-order valence-electron chi connectivity index (χ4n) is 5.12. The molecular formula is C25H35NO6. The number of carbonyl (C=O) groups is 3. The van der Waals surface area contributed by atoms with Crippen molar-refractivity contribution in [1.29, 1.82) is 0 Å². The Morgan fingerprint density at radius 1 is 1.09 bits per heavy atom. The Morgan fingerprint density at radius 3 is 2.34 bits per heavy atom. The molecule has 1 amide bonds. The second-order valence-corrected chi connectivity index (χ2v) is 9.30. The van der Waals surface area contributed by atoms with E-state index in [9.17, 15) is 19.5 Å². The zero-order valence-corrected chi connectivity index (χ0v) is 18.9. The molecule has 2 N–H and O–H groups in total. The number of benzene rings is 1. The van der Waals surface area contributed by atoms with Gasteiger partial charge in [0.1, 0.15) is 6.61 Å². The van der Waals surface area contributed by atoms with Crippen LogP contribution < -0.4 is 5.32 Å². The molecule has 0 spiro atoms. The average Bonchev–Trinajstić information content (AvgIpc) is 3.28. The van der Waals surface area contributed by atoms with Crippen molar-refractivity contribution in [2.24, 2.45) is 17.3 Å². The monoisotopic (exact) mass is 445 g/mol. The van der Waals surface area contributed by atoms with Crippen LogP contribution in [0.1, 0.15) is 63.4 Å². The van der Waals surface area contributed by atoms with E-state index in [4.69, 9.17) is 9.47 Å². The molecule has 1 unspecified atom stereocenters. The maximum Gasteiger partial charge on any atom is 0.309 e. The molecule has 0 aromatic heterocycles. The van der Waals surface area contributed by atoms with Crippen LogP contribution in [-0.2, 0) is 30.5 Å². The van der Waals surface area contributed by atoms with Crippen molar-refractivity contribution >= 4 is 17.8 Å². The highest BCUT2D eigenvalue weighted by Gasteiger charge is 2.45. The number of carboxylic acids is 1. The van der Waals surface area contributed by atoms with Gasteiger partial charge >= 0.3 is 11.9 Å². The van der Waals surface area contributed by atoms with E-state index in [1.807, 2.05) is 30.3 Å². The molecule has 0 bridgehead atoms. The van der Waals surface area contributed by atoms with Gasteiger partial charge in [-0.2, -0.15) is 0 Å². The molecule has 7 heteroatoms. The van der Waals surface area contributed by atoms with Crippen molar-refractivity contribution in [1.82, 2.24) is 5.32 Å². The molecule has 7 nitrogen and oxygen atoms in total. The van der Waals surface area contributed by atoms with Gasteiger partial charge < -0.3 is 19.9 Å². The maximum absolute atomic E-state index is 13.2. The molecular weight excluding hydrogens is 410 g/mol. The Morgan fingerprint density at radius 2 is 1.75 bits per heavy atom. The van der Waals surface area contributed by atoms with Gasteiger partial charge in [0, 0.05) is 13.2 Å². The van der Waals surface area contributed by atoms with E-state index in [2.05, 4.69) is 5.32 Å². The molecule has 1 atom stereocenters. The summed E-state index contributed by atoms with van der Waals surface area (Å²) < 4.78 is 10.6. The third-order valence-corrected chi connectivity index (χ3v) is 7.02. The van der Waals surface area contributed by atoms with Gasteiger partial charge in [-0.3, -0.25) is 14.4 Å². The summed E-state index contributed by atoms with van der Waals surface area (Å²) in [4.78, 5) is 37.3. The Bertz CT molecular complexity index is 766. The van der Waals surface area contributed by atoms with E-state index in [0.717, 1.165) is 31.2 Å². The zero-order valence-electron chi connectivity index (χ0n) is 18.9. The van der Waals surface area contributed by atoms with Crippen LogP contribution in [0.3, 0.4) is 0 Å². The SMILES string of the molecule is COCC(CC1(C(=O)N[C@H]2CC[C@@H](C(=O)OCc3ccccc3)CC2)CCCC1)C(=O)O. The average molecular weight is 446 g/mol. The summed E-state index contributed by atoms with van der Waals surface area (Å²) in [5, 5.41) is 12.7. The Kier molecular flexibility index (Phi) is 8.67. The number of rotatable bonds is 10. The van der Waals surface area contributed by atoms with Gasteiger partial charge in [-0.1, -0.05) is 43.2 Å². The molecule has 2 fully saturated rings. The third-order valence-electron chi connectivity index (χ3n) is 7.02. The number of hydrogen-bond acceptors (Lipinski definition) is 5. The first-order valence-corrected chi connectivity index (χ1v) is 11.7. The minimum atomic E-state index is -0.916. The van der Waals surface area contributed by atoms with E-state index in [-0.39, 0.29) is 37.0 Å². The second kappa shape index (κ2) is 11.5. The number of carboxylic acid groups (broad SMARTS) is 1. The van der Waals surface area contributed by atoms with Gasteiger partial charge in [0.2, 0.25) is 5.91 Å². The maximum atomic E-state index is 13.2. The van der Waals surface area contributed by atoms with Crippen molar-refractivity contribution in [2.45, 2.75) is 70.4 Å². The molecule has 1 aromatic rings. The fraction of sp³-hybridized carbons (Fsp3) is 0.640. The fourth-order valence-corrected chi connectivity index (χ4v) is 5.12. The minimum Gasteiger partial charge on any atom is -0.481 e. The van der Waals surface area contributed by atoms with Gasteiger partial charge in [0.05, 0.1) is 23.9 Å². The van der Waals surface area contributed by atoms with Crippen LogP contribution in [0.5, 0.6) is 0 Å². The van der Waals surface area contributed by atoms with Gasteiger partial charge in [-0.05, 0) is 50.5 Å². The summed E-state index contributed by atoms with van der Waals surface area (Å²) in [6.07, 6.45) is 6.45. The lowest BCUT2D eigenvalue weighted by molar-refractivity contribution is -0.151. The minimum absolute atomic E-state index is 0.0175. The molecule has 3 rings (SSSR count). The summed E-state index contributed by atoms with van der Waals surface area (Å²) in [6.45, 7) is 0.394. The van der Waals surface area contributed by atoms with E-state index < -0.39 is 17.3 Å². The lowest BCUT2D eigenvalue weighted by atomic mass is 9.76. The molecule has 2 aliphatic rings. The van der Waals surface area contributed by atoms with Crippen molar-refractivity contribution in [3.63, 3.8) is 0 Å². The topological polar surface area (TPSA) is 102 Å². The third kappa shape index (κ3) is 6.31. The van der Waals surface area contributed by atoms with Crippen LogP contribution in [0.4, 0.5) is 0 Å². The van der Waals surface area contributed by atoms with Crippen molar-refractivity contribution < 1.29 is 29.0 Å². The standard InChI is InChI=1S/C25H35NO6/c1-31-17-20(22(27)28)15-25(13-5-6-14-25)24(30)26-21-11-9-19(10-12-21)23(29)32-16-18-7-3-2-4-8-18/h2-4,7-8,19-21H,5-6,9-17H2,1H3,(H,26,30)(H,27,28)/t19-,20?,21+. The van der Waals surface area contributed by atoms with E-state index in [1.165, 1.54) is 7.11 Å². The van der Waals surface area contributed by atoms with Crippen LogP contribution in [0, 0.1) is 17.3 Å². The Balaban J connectivity index is 1.49. The highest BCUT2D eigenvalue weighted by atomic mass is 16.5. The first-order valence-electron chi connectivity index (χ1n) is 11.7. The molecule has 0 aliphatic heterocycles. The van der Waals surface area contributed by atoms with E-state index >= 15 is 0 Å². The summed E-state index contributed by atoms with van der Waals surface area (Å²) in [7, 11) is 1.49. The number of carbonyl (C=O) groups excluding carboxylic acids is 2. The number of hydrogen-bond donors (Lipinski definition) is 2. The number of nitrogens with one attached hydrogen (secondary N) is 1. The first kappa shape index (κ1) is 24.2. The van der Waals surface area contributed by atoms with Crippen LogP contribution in [-0.4, -0.2) is 42.7 Å². The number of aliphatic carboxylic acids is 1.